The summed E-state index contributed by atoms with van der Waals surface area (Å²) in [6.07, 6.45) is 0. The van der Waals surface area contributed by atoms with Crippen molar-refractivity contribution in [2.75, 3.05) is 0 Å². The number of rotatable bonds is 3. The largest absolute Gasteiger partial charge is 0.516 e. The van der Waals surface area contributed by atoms with E-state index in [1.54, 1.807) is 0 Å². The number of aromatic hydroxyl groups is 1. The zero-order chi connectivity index (χ0) is 16.4. The van der Waals surface area contributed by atoms with Crippen LogP contribution in [0.1, 0.15) is 21.7 Å². The maximum absolute atomic E-state index is 12.2. The molecule has 1 heterocycles. The van der Waals surface area contributed by atoms with Gasteiger partial charge in [-0.1, -0.05) is 35.2 Å². The van der Waals surface area contributed by atoms with Crippen molar-refractivity contribution >= 4 is 16.7 Å². The molecule has 0 fully saturated rings. The molecule has 0 aliphatic heterocycles. The molecule has 119 valence electrons. The maximum Gasteiger partial charge on any atom is 0.319 e. The van der Waals surface area contributed by atoms with Crippen LogP contribution in [0.4, 0.5) is 0 Å². The van der Waals surface area contributed by atoms with Gasteiger partial charge in [-0.3, -0.25) is 4.79 Å². The summed E-state index contributed by atoms with van der Waals surface area (Å²) in [4.78, 5) is 24.1. The molecule has 0 saturated heterocycles. The van der Waals surface area contributed by atoms with Crippen LogP contribution < -0.4 is 10.9 Å². The number of aryl methyl sites for hydroxylation is 1. The third kappa shape index (κ3) is 3.74. The summed E-state index contributed by atoms with van der Waals surface area (Å²) in [6, 6.07) is 14.9. The van der Waals surface area contributed by atoms with E-state index in [1.165, 1.54) is 18.2 Å². The van der Waals surface area contributed by atoms with Gasteiger partial charge in [0.2, 0.25) is 5.76 Å². The smallest absolute Gasteiger partial charge is 0.319 e. The van der Waals surface area contributed by atoms with Crippen LogP contribution in [-0.4, -0.2) is 11.0 Å². The van der Waals surface area contributed by atoms with E-state index >= 15 is 0 Å². The van der Waals surface area contributed by atoms with Gasteiger partial charge in [0.15, 0.2) is 0 Å². The van der Waals surface area contributed by atoms with Gasteiger partial charge in [-0.25, -0.2) is 4.79 Å². The minimum Gasteiger partial charge on any atom is -0.516 e. The Morgan fingerprint density at radius 2 is 1.92 bits per heavy atom. The summed E-state index contributed by atoms with van der Waals surface area (Å²) in [5.41, 5.74) is 1.35. The van der Waals surface area contributed by atoms with Crippen LogP contribution in [0, 0.1) is 13.0 Å². The van der Waals surface area contributed by atoms with Crippen LogP contribution in [0.15, 0.2) is 51.7 Å². The van der Waals surface area contributed by atoms with Gasteiger partial charge in [0.1, 0.15) is 5.75 Å². The van der Waals surface area contributed by atoms with Gasteiger partial charge in [-0.2, -0.15) is 24.3 Å². The summed E-state index contributed by atoms with van der Waals surface area (Å²) in [5.74, 6) is -1.40. The van der Waals surface area contributed by atoms with Gasteiger partial charge in [-0.15, -0.1) is 0 Å². The third-order valence-electron chi connectivity index (χ3n) is 3.53. The van der Waals surface area contributed by atoms with E-state index in [4.69, 9.17) is 4.42 Å². The molecule has 0 bridgehead atoms. The standard InChI is InChI=1S/C18H14NO4.Y/c1-11-6-8-12(9-7-11)10-19-17(21)16-15(20)13-4-2-3-5-14(13)18(22)23-16;/h3-9,20H,10H2,1H3,(H,19,21);/q-1;. The number of hydrogen-bond donors (Lipinski definition) is 2. The Labute approximate surface area is 163 Å². The molecular formula is C18H14NO4Y-. The number of amides is 1. The van der Waals surface area contributed by atoms with Crippen LogP contribution >= 0.6 is 0 Å². The summed E-state index contributed by atoms with van der Waals surface area (Å²) in [5, 5.41) is 13.2. The van der Waals surface area contributed by atoms with Gasteiger partial charge in [0, 0.05) is 39.3 Å². The fourth-order valence-electron chi connectivity index (χ4n) is 2.25. The van der Waals surface area contributed by atoms with E-state index in [-0.39, 0.29) is 55.8 Å². The predicted molar refractivity (Wildman–Crippen MR) is 85.3 cm³/mol. The average molecular weight is 397 g/mol. The topological polar surface area (TPSA) is 79.5 Å². The third-order valence-corrected chi connectivity index (χ3v) is 3.53. The van der Waals surface area contributed by atoms with Crippen LogP contribution in [0.25, 0.3) is 10.8 Å². The second-order valence-corrected chi connectivity index (χ2v) is 5.21. The summed E-state index contributed by atoms with van der Waals surface area (Å²) in [6.45, 7) is 2.24. The minimum absolute atomic E-state index is 0. The number of carbonyl (C=O) groups excluding carboxylic acids is 1. The first kappa shape index (κ1) is 18.4. The molecule has 0 aliphatic carbocycles. The van der Waals surface area contributed by atoms with Gasteiger partial charge in [-0.05, 0) is 17.9 Å². The molecule has 0 saturated carbocycles. The molecule has 1 radical (unpaired) electrons. The molecule has 0 spiro atoms. The Morgan fingerprint density at radius 3 is 2.62 bits per heavy atom. The second-order valence-electron chi connectivity index (χ2n) is 5.21. The van der Waals surface area contributed by atoms with Crippen LogP contribution in [0.3, 0.4) is 0 Å². The van der Waals surface area contributed by atoms with Crippen molar-refractivity contribution in [2.45, 2.75) is 13.5 Å². The summed E-state index contributed by atoms with van der Waals surface area (Å²) >= 11 is 0. The molecule has 24 heavy (non-hydrogen) atoms. The second kappa shape index (κ2) is 7.73. The number of carbonyl (C=O) groups is 1. The van der Waals surface area contributed by atoms with E-state index in [2.05, 4.69) is 11.4 Å². The van der Waals surface area contributed by atoms with E-state index in [0.717, 1.165) is 11.1 Å². The van der Waals surface area contributed by atoms with Gasteiger partial charge >= 0.3 is 5.63 Å². The molecular weight excluding hydrogens is 383 g/mol. The predicted octanol–water partition coefficient (Wildman–Crippen LogP) is 2.53. The van der Waals surface area contributed by atoms with Crippen molar-refractivity contribution in [3.05, 3.63) is 75.8 Å². The molecule has 3 aromatic rings. The van der Waals surface area contributed by atoms with Crippen molar-refractivity contribution in [3.8, 4) is 5.75 Å². The van der Waals surface area contributed by atoms with Gasteiger partial charge in [0.25, 0.3) is 5.91 Å². The number of fused-ring (bicyclic) bond motifs is 1. The van der Waals surface area contributed by atoms with Crippen molar-refractivity contribution in [3.63, 3.8) is 0 Å². The Balaban J connectivity index is 0.00000208. The molecule has 3 rings (SSSR count). The minimum atomic E-state index is -0.674. The molecule has 2 N–H and O–H groups in total. The SMILES string of the molecule is Cc1ccc(CNC(=O)c2oc(=O)c3cc[c-]cc3c2O)cc1.[Y]. The first-order valence-corrected chi connectivity index (χ1v) is 7.06. The molecule has 6 heteroatoms. The van der Waals surface area contributed by atoms with E-state index < -0.39 is 17.3 Å². The molecule has 1 aromatic heterocycles. The van der Waals surface area contributed by atoms with E-state index in [0.29, 0.717) is 0 Å². The Kier molecular flexibility index (Phi) is 5.91. The van der Waals surface area contributed by atoms with Crippen molar-refractivity contribution < 1.29 is 47.0 Å². The van der Waals surface area contributed by atoms with Crippen LogP contribution in [0.5, 0.6) is 5.75 Å². The molecule has 0 unspecified atom stereocenters. The monoisotopic (exact) mass is 397 g/mol. The Bertz CT molecular complexity index is 932. The van der Waals surface area contributed by atoms with E-state index in [1.807, 2.05) is 31.2 Å². The Morgan fingerprint density at radius 1 is 1.21 bits per heavy atom. The summed E-state index contributed by atoms with van der Waals surface area (Å²) in [7, 11) is 0. The van der Waals surface area contributed by atoms with Crippen LogP contribution in [-0.2, 0) is 39.3 Å². The molecule has 0 atom stereocenters. The van der Waals surface area contributed by atoms with Crippen LogP contribution in [0.2, 0.25) is 0 Å². The number of hydrogen-bond acceptors (Lipinski definition) is 4. The van der Waals surface area contributed by atoms with Crippen molar-refractivity contribution in [1.29, 1.82) is 0 Å². The van der Waals surface area contributed by atoms with Crippen molar-refractivity contribution in [2.24, 2.45) is 0 Å². The first-order chi connectivity index (χ1) is 11.1. The van der Waals surface area contributed by atoms with Crippen molar-refractivity contribution in [1.82, 2.24) is 5.32 Å². The zero-order valence-electron chi connectivity index (χ0n) is 13.0. The number of benzene rings is 2. The molecule has 1 amide bonds. The molecule has 5 nitrogen and oxygen atoms in total. The fraction of sp³-hybridized carbons (Fsp3) is 0.111. The normalized spacial score (nSPS) is 10.2. The maximum atomic E-state index is 12.2. The summed E-state index contributed by atoms with van der Waals surface area (Å²) < 4.78 is 4.96. The first-order valence-electron chi connectivity index (χ1n) is 7.06. The average Bonchev–Trinajstić information content (AvgIpc) is 2.57. The quantitative estimate of drug-likeness (QED) is 0.666. The zero-order valence-corrected chi connectivity index (χ0v) is 15.8. The molecule has 2 aromatic carbocycles. The van der Waals surface area contributed by atoms with Gasteiger partial charge < -0.3 is 14.8 Å². The van der Waals surface area contributed by atoms with Gasteiger partial charge in [0.05, 0.1) is 0 Å². The molecule has 0 aliphatic rings. The fourth-order valence-corrected chi connectivity index (χ4v) is 2.25. The number of nitrogens with one attached hydrogen (secondary N) is 1. The Hall–Kier alpha value is -1.98. The van der Waals surface area contributed by atoms with E-state index in [9.17, 15) is 14.7 Å².